The Labute approximate surface area is 260 Å². The average Bonchev–Trinajstić information content (AvgIpc) is 3.50. The Balaban J connectivity index is 1.51. The molecule has 4 aromatic carbocycles. The van der Waals surface area contributed by atoms with Crippen molar-refractivity contribution in [2.45, 2.75) is 50.3 Å². The van der Waals surface area contributed by atoms with Gasteiger partial charge in [-0.15, -0.1) is 0 Å². The number of carbonyl (C=O) groups is 1. The molecule has 1 aromatic heterocycles. The molecule has 6 nitrogen and oxygen atoms in total. The first-order valence-corrected chi connectivity index (χ1v) is 15.6. The normalized spacial score (nSPS) is 12.5. The van der Waals surface area contributed by atoms with E-state index in [-0.39, 0.29) is 23.2 Å². The molecule has 0 atom stereocenters. The van der Waals surface area contributed by atoms with Gasteiger partial charge in [0.15, 0.2) is 0 Å². The second-order valence-corrected chi connectivity index (χ2v) is 13.2. The molecular formula is C35H32F3NO5S. The third-order valence-electron chi connectivity index (χ3n) is 7.87. The number of hydrogen-bond donors (Lipinski definition) is 0. The van der Waals surface area contributed by atoms with Crippen LogP contribution in [0.1, 0.15) is 42.1 Å². The molecule has 0 radical (unpaired) electrons. The highest BCUT2D eigenvalue weighted by atomic mass is 32.2. The van der Waals surface area contributed by atoms with Gasteiger partial charge in [-0.25, -0.2) is 8.42 Å². The predicted octanol–water partition coefficient (Wildman–Crippen LogP) is 8.27. The van der Waals surface area contributed by atoms with Gasteiger partial charge in [0.05, 0.1) is 24.0 Å². The quantitative estimate of drug-likeness (QED) is 0.152. The summed E-state index contributed by atoms with van der Waals surface area (Å²) in [7, 11) is -2.88. The molecule has 0 amide bonds. The first-order valence-electron chi connectivity index (χ1n) is 14.1. The van der Waals surface area contributed by atoms with Crippen molar-refractivity contribution in [3.05, 3.63) is 125 Å². The van der Waals surface area contributed by atoms with E-state index in [1.54, 1.807) is 63.2 Å². The van der Waals surface area contributed by atoms with Crippen LogP contribution in [-0.4, -0.2) is 25.8 Å². The van der Waals surface area contributed by atoms with Gasteiger partial charge in [0.2, 0.25) is 15.8 Å². The maximum absolute atomic E-state index is 14.3. The van der Waals surface area contributed by atoms with Gasteiger partial charge >= 0.3 is 12.1 Å². The van der Waals surface area contributed by atoms with Crippen molar-refractivity contribution in [2.75, 3.05) is 7.11 Å². The van der Waals surface area contributed by atoms with Crippen LogP contribution >= 0.6 is 0 Å². The number of benzene rings is 4. The van der Waals surface area contributed by atoms with Crippen molar-refractivity contribution in [3.63, 3.8) is 0 Å². The molecule has 0 saturated heterocycles. The molecule has 0 unspecified atom stereocenters. The van der Waals surface area contributed by atoms with Crippen LogP contribution < -0.4 is 0 Å². The van der Waals surface area contributed by atoms with Crippen LogP contribution in [0, 0.1) is 6.92 Å². The Hall–Kier alpha value is -4.41. The number of carbonyl (C=O) groups excluding carboxylic acids is 1. The SMILES string of the molecule is COC(=O)C(C)(C)c1cccc(-c2ccc(CN(Cc3ccc(C(F)(F)F)o3)S(=O)(=O)c3c(C)ccc4ccccc34)cc2)c1. The molecule has 0 N–H and O–H groups in total. The van der Waals surface area contributed by atoms with E-state index in [1.807, 2.05) is 42.5 Å². The minimum absolute atomic E-state index is 0.0878. The second kappa shape index (κ2) is 12.2. The second-order valence-electron chi connectivity index (χ2n) is 11.4. The number of aryl methyl sites for hydroxylation is 1. The summed E-state index contributed by atoms with van der Waals surface area (Å²) in [5.74, 6) is -1.69. The van der Waals surface area contributed by atoms with Gasteiger partial charge in [-0.05, 0) is 66.1 Å². The summed E-state index contributed by atoms with van der Waals surface area (Å²) >= 11 is 0. The molecule has 234 valence electrons. The summed E-state index contributed by atoms with van der Waals surface area (Å²) < 4.78 is 79.6. The largest absolute Gasteiger partial charge is 0.468 e. The molecule has 1 heterocycles. The lowest BCUT2D eigenvalue weighted by atomic mass is 9.83. The Morgan fingerprint density at radius 2 is 1.56 bits per heavy atom. The lowest BCUT2D eigenvalue weighted by molar-refractivity contribution is -0.153. The van der Waals surface area contributed by atoms with E-state index in [2.05, 4.69) is 0 Å². The Morgan fingerprint density at radius 3 is 2.22 bits per heavy atom. The van der Waals surface area contributed by atoms with Crippen molar-refractivity contribution in [1.29, 1.82) is 0 Å². The van der Waals surface area contributed by atoms with Gasteiger partial charge < -0.3 is 9.15 Å². The van der Waals surface area contributed by atoms with Crippen LogP contribution in [0.25, 0.3) is 21.9 Å². The van der Waals surface area contributed by atoms with E-state index in [0.717, 1.165) is 38.5 Å². The van der Waals surface area contributed by atoms with Crippen molar-refractivity contribution in [1.82, 2.24) is 4.31 Å². The maximum atomic E-state index is 14.3. The average molecular weight is 636 g/mol. The van der Waals surface area contributed by atoms with Crippen LogP contribution in [0.3, 0.4) is 0 Å². The molecule has 0 fully saturated rings. The summed E-state index contributed by atoms with van der Waals surface area (Å²) in [6, 6.07) is 27.3. The lowest BCUT2D eigenvalue weighted by Gasteiger charge is -2.24. The molecule has 0 saturated carbocycles. The predicted molar refractivity (Wildman–Crippen MR) is 166 cm³/mol. The monoisotopic (exact) mass is 635 g/mol. The third kappa shape index (κ3) is 6.53. The molecule has 0 aliphatic carbocycles. The number of hydrogen-bond acceptors (Lipinski definition) is 5. The molecule has 0 spiro atoms. The summed E-state index contributed by atoms with van der Waals surface area (Å²) in [4.78, 5) is 12.4. The minimum atomic E-state index is -4.70. The number of nitrogens with zero attached hydrogens (tertiary/aromatic N) is 1. The van der Waals surface area contributed by atoms with E-state index >= 15 is 0 Å². The first-order chi connectivity index (χ1) is 21.2. The zero-order valence-corrected chi connectivity index (χ0v) is 26.0. The topological polar surface area (TPSA) is 76.8 Å². The molecule has 5 rings (SSSR count). The van der Waals surface area contributed by atoms with Gasteiger partial charge in [0, 0.05) is 11.9 Å². The fourth-order valence-corrected chi connectivity index (χ4v) is 7.12. The third-order valence-corrected chi connectivity index (χ3v) is 9.87. The zero-order valence-electron chi connectivity index (χ0n) is 25.2. The zero-order chi connectivity index (χ0) is 32.6. The number of methoxy groups -OCH3 is 1. The molecule has 45 heavy (non-hydrogen) atoms. The van der Waals surface area contributed by atoms with Gasteiger partial charge in [0.25, 0.3) is 0 Å². The molecule has 5 aromatic rings. The van der Waals surface area contributed by atoms with Crippen LogP contribution in [0.2, 0.25) is 0 Å². The van der Waals surface area contributed by atoms with Crippen LogP contribution in [-0.2, 0) is 44.2 Å². The molecule has 10 heteroatoms. The molecule has 0 aliphatic heterocycles. The van der Waals surface area contributed by atoms with Crippen LogP contribution in [0.15, 0.2) is 106 Å². The summed E-state index contributed by atoms with van der Waals surface area (Å²) in [5, 5.41) is 1.24. The number of alkyl halides is 3. The van der Waals surface area contributed by atoms with Gasteiger partial charge in [-0.2, -0.15) is 17.5 Å². The van der Waals surface area contributed by atoms with E-state index in [4.69, 9.17) is 9.15 Å². The Bertz CT molecular complexity index is 1960. The summed E-state index contributed by atoms with van der Waals surface area (Å²) in [6.07, 6.45) is -4.70. The number of halogens is 3. The highest BCUT2D eigenvalue weighted by Crippen LogP contribution is 2.34. The smallest absolute Gasteiger partial charge is 0.449 e. The fourth-order valence-electron chi connectivity index (χ4n) is 5.31. The Morgan fingerprint density at radius 1 is 0.844 bits per heavy atom. The summed E-state index contributed by atoms with van der Waals surface area (Å²) in [6.45, 7) is 4.72. The number of rotatable bonds is 9. The molecular weight excluding hydrogens is 603 g/mol. The Kier molecular flexibility index (Phi) is 8.66. The molecule has 0 bridgehead atoms. The van der Waals surface area contributed by atoms with E-state index in [0.29, 0.717) is 16.5 Å². The molecule has 0 aliphatic rings. The number of sulfonamides is 1. The van der Waals surface area contributed by atoms with Crippen molar-refractivity contribution in [2.24, 2.45) is 0 Å². The maximum Gasteiger partial charge on any atom is 0.449 e. The first kappa shape index (κ1) is 32.0. The summed E-state index contributed by atoms with van der Waals surface area (Å²) in [5.41, 5.74) is 2.73. The van der Waals surface area contributed by atoms with Gasteiger partial charge in [-0.1, -0.05) is 84.9 Å². The van der Waals surface area contributed by atoms with Crippen LogP contribution in [0.5, 0.6) is 0 Å². The van der Waals surface area contributed by atoms with Crippen LogP contribution in [0.4, 0.5) is 13.2 Å². The highest BCUT2D eigenvalue weighted by Gasteiger charge is 2.36. The van der Waals surface area contributed by atoms with Crippen molar-refractivity contribution in [3.8, 4) is 11.1 Å². The standard InChI is InChI=1S/C35H32F3NO5S/c1-23-12-15-26-8-5-6-11-30(26)32(23)45(41,42)39(22-29-18-19-31(44-29)35(36,37)38)21-24-13-16-25(17-14-24)27-9-7-10-28(20-27)34(2,3)33(40)43-4/h5-20H,21-22H2,1-4H3. The van der Waals surface area contributed by atoms with E-state index < -0.39 is 33.9 Å². The number of furan rings is 1. The minimum Gasteiger partial charge on any atom is -0.468 e. The number of fused-ring (bicyclic) bond motifs is 1. The van der Waals surface area contributed by atoms with Crippen molar-refractivity contribution < 1.29 is 35.5 Å². The number of ether oxygens (including phenoxy) is 1. The fraction of sp³-hybridized carbons (Fsp3) is 0.229. The van der Waals surface area contributed by atoms with E-state index in [9.17, 15) is 26.4 Å². The highest BCUT2D eigenvalue weighted by molar-refractivity contribution is 7.89. The number of esters is 1. The van der Waals surface area contributed by atoms with Gasteiger partial charge in [-0.3, -0.25) is 4.79 Å². The van der Waals surface area contributed by atoms with Crippen molar-refractivity contribution >= 4 is 26.8 Å². The van der Waals surface area contributed by atoms with Gasteiger partial charge in [0.1, 0.15) is 5.76 Å². The lowest BCUT2D eigenvalue weighted by Crippen LogP contribution is -2.31. The van der Waals surface area contributed by atoms with E-state index in [1.165, 1.54) is 7.11 Å².